The molecule has 3 aromatic rings. The molecule has 0 bridgehead atoms. The van der Waals surface area contributed by atoms with Crippen LogP contribution in [0.2, 0.25) is 0 Å². The normalized spacial score (nSPS) is 10.7. The van der Waals surface area contributed by atoms with Crippen LogP contribution in [-0.4, -0.2) is 32.2 Å². The third-order valence-electron chi connectivity index (χ3n) is 3.84. The lowest BCUT2D eigenvalue weighted by atomic mass is 10.1. The molecular weight excluding hydrogens is 338 g/mol. The van der Waals surface area contributed by atoms with Gasteiger partial charge in [-0.1, -0.05) is 0 Å². The number of nitrogens with zero attached hydrogens (tertiary/aromatic N) is 4. The lowest BCUT2D eigenvalue weighted by Gasteiger charge is -2.08. The van der Waals surface area contributed by atoms with Crippen LogP contribution in [0, 0.1) is 17.0 Å². The highest BCUT2D eigenvalue weighted by molar-refractivity contribution is 6.05. The topological polar surface area (TPSA) is 112 Å². The number of nitro groups is 1. The van der Waals surface area contributed by atoms with Crippen molar-refractivity contribution in [1.29, 1.82) is 0 Å². The molecule has 0 fully saturated rings. The van der Waals surface area contributed by atoms with Gasteiger partial charge in [-0.25, -0.2) is 4.98 Å². The van der Waals surface area contributed by atoms with Crippen LogP contribution in [0.3, 0.4) is 0 Å². The number of aromatic nitrogens is 3. The molecule has 0 spiro atoms. The van der Waals surface area contributed by atoms with Crippen LogP contribution in [0.4, 0.5) is 11.4 Å². The van der Waals surface area contributed by atoms with Gasteiger partial charge in [0.05, 0.1) is 29.1 Å². The molecule has 0 radical (unpaired) electrons. The Morgan fingerprint density at radius 2 is 2.15 bits per heavy atom. The number of carbonyl (C=O) groups excluding carboxylic acids is 1. The summed E-state index contributed by atoms with van der Waals surface area (Å²) in [5.41, 5.74) is 1.88. The molecule has 0 aliphatic rings. The zero-order chi connectivity index (χ0) is 18.8. The van der Waals surface area contributed by atoms with Crippen molar-refractivity contribution in [3.63, 3.8) is 0 Å². The Bertz CT molecular complexity index is 1010. The summed E-state index contributed by atoms with van der Waals surface area (Å²) in [6.07, 6.45) is 1.52. The summed E-state index contributed by atoms with van der Waals surface area (Å²) in [6, 6.07) is 5.87. The van der Waals surface area contributed by atoms with Crippen molar-refractivity contribution in [2.75, 3.05) is 11.9 Å². The van der Waals surface area contributed by atoms with Crippen molar-refractivity contribution in [2.24, 2.45) is 7.05 Å². The molecule has 2 aromatic heterocycles. The van der Waals surface area contributed by atoms with Crippen LogP contribution in [0.1, 0.15) is 23.0 Å². The Hall–Kier alpha value is -3.49. The van der Waals surface area contributed by atoms with Gasteiger partial charge in [-0.2, -0.15) is 5.10 Å². The molecular formula is C17H17N5O4. The highest BCUT2D eigenvalue weighted by atomic mass is 16.6. The van der Waals surface area contributed by atoms with Gasteiger partial charge in [-0.05, 0) is 32.0 Å². The number of hydrogen-bond acceptors (Lipinski definition) is 6. The van der Waals surface area contributed by atoms with Crippen molar-refractivity contribution in [3.05, 3.63) is 51.8 Å². The first-order valence-electron chi connectivity index (χ1n) is 7.92. The first-order chi connectivity index (χ1) is 12.4. The molecule has 0 aliphatic heterocycles. The van der Waals surface area contributed by atoms with Crippen molar-refractivity contribution >= 4 is 28.3 Å². The molecule has 1 N–H and O–H groups in total. The van der Waals surface area contributed by atoms with Crippen molar-refractivity contribution in [1.82, 2.24) is 14.8 Å². The summed E-state index contributed by atoms with van der Waals surface area (Å²) in [5.74, 6) is -0.345. The fourth-order valence-corrected chi connectivity index (χ4v) is 2.66. The van der Waals surface area contributed by atoms with Crippen LogP contribution in [0.15, 0.2) is 30.5 Å². The monoisotopic (exact) mass is 355 g/mol. The zero-order valence-corrected chi connectivity index (χ0v) is 14.5. The van der Waals surface area contributed by atoms with E-state index in [9.17, 15) is 14.9 Å². The number of carbonyl (C=O) groups is 1. The minimum atomic E-state index is -0.575. The van der Waals surface area contributed by atoms with Gasteiger partial charge in [-0.3, -0.25) is 19.6 Å². The smallest absolute Gasteiger partial charge is 0.311 e. The fraction of sp³-hybridized carbons (Fsp3) is 0.235. The van der Waals surface area contributed by atoms with Crippen molar-refractivity contribution in [2.45, 2.75) is 13.8 Å². The number of benzene rings is 1. The van der Waals surface area contributed by atoms with Gasteiger partial charge >= 0.3 is 5.69 Å². The van der Waals surface area contributed by atoms with Gasteiger partial charge in [0.15, 0.2) is 11.4 Å². The average molecular weight is 355 g/mol. The summed E-state index contributed by atoms with van der Waals surface area (Å²) in [5, 5.41) is 19.0. The number of pyridine rings is 1. The Kier molecular flexibility index (Phi) is 4.53. The molecule has 0 unspecified atom stereocenters. The van der Waals surface area contributed by atoms with Gasteiger partial charge in [0.1, 0.15) is 0 Å². The van der Waals surface area contributed by atoms with Crippen LogP contribution in [-0.2, 0) is 7.05 Å². The molecule has 0 aliphatic carbocycles. The van der Waals surface area contributed by atoms with Gasteiger partial charge in [0.25, 0.3) is 5.91 Å². The second-order valence-electron chi connectivity index (χ2n) is 5.63. The number of rotatable bonds is 5. The second-order valence-corrected chi connectivity index (χ2v) is 5.63. The predicted octanol–water partition coefficient (Wildman–Crippen LogP) is 2.84. The van der Waals surface area contributed by atoms with Gasteiger partial charge < -0.3 is 10.1 Å². The maximum Gasteiger partial charge on any atom is 0.311 e. The Labute approximate surface area is 148 Å². The molecule has 0 atom stereocenters. The van der Waals surface area contributed by atoms with E-state index in [4.69, 9.17) is 4.74 Å². The second kappa shape index (κ2) is 6.79. The SMILES string of the molecule is CCOc1ccc(C(=O)Nc2cnc3c(c2)c(C)nn3C)cc1[N+](=O)[O-]. The Morgan fingerprint density at radius 1 is 1.38 bits per heavy atom. The van der Waals surface area contributed by atoms with E-state index in [1.807, 2.05) is 6.92 Å². The first-order valence-corrected chi connectivity index (χ1v) is 7.92. The summed E-state index contributed by atoms with van der Waals surface area (Å²) in [4.78, 5) is 27.4. The average Bonchev–Trinajstić information content (AvgIpc) is 2.89. The Morgan fingerprint density at radius 3 is 2.85 bits per heavy atom. The molecule has 1 amide bonds. The molecule has 134 valence electrons. The van der Waals surface area contributed by atoms with E-state index in [1.165, 1.54) is 24.4 Å². The number of nitro benzene ring substituents is 1. The van der Waals surface area contributed by atoms with Crippen molar-refractivity contribution in [3.8, 4) is 5.75 Å². The largest absolute Gasteiger partial charge is 0.487 e. The van der Waals surface area contributed by atoms with Crippen molar-refractivity contribution < 1.29 is 14.5 Å². The van der Waals surface area contributed by atoms with Crippen LogP contribution >= 0.6 is 0 Å². The minimum Gasteiger partial charge on any atom is -0.487 e. The zero-order valence-electron chi connectivity index (χ0n) is 14.5. The van der Waals surface area contributed by atoms with E-state index in [-0.39, 0.29) is 17.0 Å². The quantitative estimate of drug-likeness (QED) is 0.556. The van der Waals surface area contributed by atoms with E-state index in [0.717, 1.165) is 11.1 Å². The highest BCUT2D eigenvalue weighted by Crippen LogP contribution is 2.28. The van der Waals surface area contributed by atoms with Gasteiger partial charge in [-0.15, -0.1) is 0 Å². The van der Waals surface area contributed by atoms with Crippen LogP contribution in [0.25, 0.3) is 11.0 Å². The van der Waals surface area contributed by atoms with Crippen LogP contribution in [0.5, 0.6) is 5.75 Å². The summed E-state index contributed by atoms with van der Waals surface area (Å²) >= 11 is 0. The third-order valence-corrected chi connectivity index (χ3v) is 3.84. The highest BCUT2D eigenvalue weighted by Gasteiger charge is 2.19. The first kappa shape index (κ1) is 17.3. The molecule has 0 saturated carbocycles. The number of nitrogens with one attached hydrogen (secondary N) is 1. The number of amides is 1. The maximum atomic E-state index is 12.5. The van der Waals surface area contributed by atoms with Gasteiger partial charge in [0.2, 0.25) is 0 Å². The summed E-state index contributed by atoms with van der Waals surface area (Å²) in [6.45, 7) is 3.88. The maximum absolute atomic E-state index is 12.5. The molecule has 0 saturated heterocycles. The molecule has 2 heterocycles. The summed E-state index contributed by atoms with van der Waals surface area (Å²) < 4.78 is 6.88. The fourth-order valence-electron chi connectivity index (χ4n) is 2.66. The number of ether oxygens (including phenoxy) is 1. The predicted molar refractivity (Wildman–Crippen MR) is 95.5 cm³/mol. The van der Waals surface area contributed by atoms with Crippen LogP contribution < -0.4 is 10.1 Å². The third kappa shape index (κ3) is 3.18. The van der Waals surface area contributed by atoms with E-state index in [0.29, 0.717) is 17.9 Å². The minimum absolute atomic E-state index is 0.128. The summed E-state index contributed by atoms with van der Waals surface area (Å²) in [7, 11) is 1.79. The molecule has 26 heavy (non-hydrogen) atoms. The molecule has 9 heteroatoms. The number of hydrogen-bond donors (Lipinski definition) is 1. The number of aryl methyl sites for hydroxylation is 2. The van der Waals surface area contributed by atoms with E-state index in [2.05, 4.69) is 15.4 Å². The van der Waals surface area contributed by atoms with Gasteiger partial charge in [0, 0.05) is 24.1 Å². The van der Waals surface area contributed by atoms with E-state index < -0.39 is 10.8 Å². The number of fused-ring (bicyclic) bond motifs is 1. The van der Waals surface area contributed by atoms with E-state index in [1.54, 1.807) is 24.7 Å². The Balaban J connectivity index is 1.89. The van der Waals surface area contributed by atoms with E-state index >= 15 is 0 Å². The lowest BCUT2D eigenvalue weighted by molar-refractivity contribution is -0.385. The molecule has 3 rings (SSSR count). The molecule has 1 aromatic carbocycles. The number of anilines is 1. The molecule has 9 nitrogen and oxygen atoms in total. The lowest BCUT2D eigenvalue weighted by Crippen LogP contribution is -2.12. The standard InChI is InChI=1S/C17H17N5O4/c1-4-26-15-6-5-11(7-14(15)22(24)25)17(23)19-12-8-13-10(2)20-21(3)16(13)18-9-12/h5-9H,4H2,1-3H3,(H,19,23).